The second-order valence-corrected chi connectivity index (χ2v) is 6.33. The molecule has 0 aromatic heterocycles. The summed E-state index contributed by atoms with van der Waals surface area (Å²) < 4.78 is 0. The fraction of sp³-hybridized carbons (Fsp3) is 0.625. The van der Waals surface area contributed by atoms with Crippen LogP contribution in [0, 0.1) is 6.92 Å². The zero-order valence-electron chi connectivity index (χ0n) is 12.0. The minimum atomic E-state index is 0.333. The van der Waals surface area contributed by atoms with Gasteiger partial charge in [0.05, 0.1) is 6.17 Å². The molecule has 3 heterocycles. The quantitative estimate of drug-likeness (QED) is 0.747. The molecule has 0 N–H and O–H groups in total. The summed E-state index contributed by atoms with van der Waals surface area (Å²) in [6.07, 6.45) is 3.09. The molecule has 0 saturated carbocycles. The number of piperidine rings is 1. The van der Waals surface area contributed by atoms with Gasteiger partial charge in [-0.1, -0.05) is 18.2 Å². The van der Waals surface area contributed by atoms with Crippen LogP contribution in [0.25, 0.3) is 0 Å². The van der Waals surface area contributed by atoms with Crippen LogP contribution in [0.4, 0.5) is 5.69 Å². The minimum Gasteiger partial charge on any atom is -0.350 e. The monoisotopic (exact) mass is 244 g/mol. The van der Waals surface area contributed by atoms with Crippen LogP contribution in [-0.4, -0.2) is 29.2 Å². The Balaban J connectivity index is 2.05. The lowest BCUT2D eigenvalue weighted by molar-refractivity contribution is 0.00477. The van der Waals surface area contributed by atoms with E-state index in [1.807, 2.05) is 0 Å². The summed E-state index contributed by atoms with van der Waals surface area (Å²) in [5.41, 5.74) is 3.15. The summed E-state index contributed by atoms with van der Waals surface area (Å²) >= 11 is 0. The maximum atomic E-state index is 2.66. The Morgan fingerprint density at radius 1 is 1.22 bits per heavy atom. The number of fused-ring (bicyclic) bond motifs is 3. The fourth-order valence-corrected chi connectivity index (χ4v) is 4.15. The van der Waals surface area contributed by atoms with Gasteiger partial charge in [0.15, 0.2) is 0 Å². The molecule has 0 spiro atoms. The second-order valence-electron chi connectivity index (χ2n) is 6.33. The lowest BCUT2D eigenvalue weighted by Gasteiger charge is -2.62. The molecule has 2 nitrogen and oxygen atoms in total. The molecule has 1 aromatic carbocycles. The van der Waals surface area contributed by atoms with Crippen molar-refractivity contribution in [2.75, 3.05) is 11.4 Å². The van der Waals surface area contributed by atoms with E-state index < -0.39 is 0 Å². The molecule has 3 fully saturated rings. The van der Waals surface area contributed by atoms with E-state index in [0.29, 0.717) is 11.7 Å². The van der Waals surface area contributed by atoms with Gasteiger partial charge in [-0.05, 0) is 52.2 Å². The first-order valence-electron chi connectivity index (χ1n) is 7.14. The maximum absolute atomic E-state index is 2.66. The predicted octanol–water partition coefficient (Wildman–Crippen LogP) is 3.40. The molecular formula is C16H24N2. The average molecular weight is 244 g/mol. The molecule has 4 rings (SSSR count). The Bertz CT molecular complexity index is 456. The SMILES string of the molecule is Cc1ccccc1N1[C@@H](C)N2CCC1(C)CC2C. The predicted molar refractivity (Wildman–Crippen MR) is 76.9 cm³/mol. The first kappa shape index (κ1) is 12.0. The Labute approximate surface area is 111 Å². The van der Waals surface area contributed by atoms with Crippen LogP contribution in [0.5, 0.6) is 0 Å². The van der Waals surface area contributed by atoms with Crippen LogP contribution in [0.1, 0.15) is 39.2 Å². The number of aryl methyl sites for hydroxylation is 1. The number of hydrogen-bond acceptors (Lipinski definition) is 2. The molecular weight excluding hydrogens is 220 g/mol. The van der Waals surface area contributed by atoms with Gasteiger partial charge < -0.3 is 4.90 Å². The van der Waals surface area contributed by atoms with Gasteiger partial charge in [0.25, 0.3) is 0 Å². The number of para-hydroxylation sites is 1. The normalized spacial score (nSPS) is 39.1. The van der Waals surface area contributed by atoms with Gasteiger partial charge in [-0.3, -0.25) is 4.90 Å². The number of rotatable bonds is 1. The van der Waals surface area contributed by atoms with Crippen LogP contribution < -0.4 is 4.90 Å². The van der Waals surface area contributed by atoms with E-state index in [0.717, 1.165) is 6.04 Å². The van der Waals surface area contributed by atoms with E-state index in [4.69, 9.17) is 0 Å². The van der Waals surface area contributed by atoms with Gasteiger partial charge in [0.1, 0.15) is 0 Å². The van der Waals surface area contributed by atoms with Gasteiger partial charge in [0.2, 0.25) is 0 Å². The Morgan fingerprint density at radius 2 is 1.94 bits per heavy atom. The molecule has 3 saturated heterocycles. The number of hydrogen-bond donors (Lipinski definition) is 0. The molecule has 0 radical (unpaired) electrons. The second kappa shape index (κ2) is 3.99. The van der Waals surface area contributed by atoms with Crippen molar-refractivity contribution >= 4 is 5.69 Å². The van der Waals surface area contributed by atoms with Crippen molar-refractivity contribution < 1.29 is 0 Å². The van der Waals surface area contributed by atoms with Gasteiger partial charge in [-0.2, -0.15) is 0 Å². The summed E-state index contributed by atoms with van der Waals surface area (Å²) in [6, 6.07) is 9.53. The molecule has 98 valence electrons. The summed E-state index contributed by atoms with van der Waals surface area (Å²) in [6.45, 7) is 10.7. The highest BCUT2D eigenvalue weighted by atomic mass is 15.4. The molecule has 4 atom stereocenters. The lowest BCUT2D eigenvalue weighted by atomic mass is 9.79. The molecule has 0 amide bonds. The van der Waals surface area contributed by atoms with Gasteiger partial charge in [-0.25, -0.2) is 0 Å². The standard InChI is InChI=1S/C16H24N2/c1-12-7-5-6-8-15(12)18-14(3)17-10-9-16(18,4)11-13(17)2/h5-8,13-14H,9-11H2,1-4H3/t13?,14-,16?/m0/s1. The first-order chi connectivity index (χ1) is 8.53. The average Bonchev–Trinajstić information content (AvgIpc) is 2.30. The minimum absolute atomic E-state index is 0.333. The first-order valence-corrected chi connectivity index (χ1v) is 7.14. The third kappa shape index (κ3) is 1.58. The molecule has 3 aliphatic heterocycles. The van der Waals surface area contributed by atoms with E-state index in [1.165, 1.54) is 30.6 Å². The van der Waals surface area contributed by atoms with E-state index >= 15 is 0 Å². The largest absolute Gasteiger partial charge is 0.350 e. The maximum Gasteiger partial charge on any atom is 0.0800 e. The molecule has 2 heteroatoms. The topological polar surface area (TPSA) is 6.48 Å². The molecule has 18 heavy (non-hydrogen) atoms. The van der Waals surface area contributed by atoms with Crippen molar-refractivity contribution in [3.63, 3.8) is 0 Å². The van der Waals surface area contributed by atoms with Crippen LogP contribution >= 0.6 is 0 Å². The van der Waals surface area contributed by atoms with E-state index in [-0.39, 0.29) is 0 Å². The number of benzene rings is 1. The van der Waals surface area contributed by atoms with Crippen LogP contribution in [0.3, 0.4) is 0 Å². The van der Waals surface area contributed by atoms with E-state index in [2.05, 4.69) is 61.8 Å². The fourth-order valence-electron chi connectivity index (χ4n) is 4.15. The Morgan fingerprint density at radius 3 is 2.56 bits per heavy atom. The Kier molecular flexibility index (Phi) is 2.67. The summed E-state index contributed by atoms with van der Waals surface area (Å²) in [7, 11) is 0. The van der Waals surface area contributed by atoms with Crippen molar-refractivity contribution in [3.05, 3.63) is 29.8 Å². The summed E-state index contributed by atoms with van der Waals surface area (Å²) in [4.78, 5) is 5.31. The van der Waals surface area contributed by atoms with Crippen LogP contribution in [-0.2, 0) is 0 Å². The van der Waals surface area contributed by atoms with E-state index in [9.17, 15) is 0 Å². The molecule has 1 aromatic rings. The molecule has 3 unspecified atom stereocenters. The van der Waals surface area contributed by atoms with Gasteiger partial charge in [0, 0.05) is 23.8 Å². The third-order valence-electron chi connectivity index (χ3n) is 5.02. The highest BCUT2D eigenvalue weighted by Crippen LogP contribution is 2.44. The zero-order chi connectivity index (χ0) is 12.9. The number of nitrogens with zero attached hydrogens (tertiary/aromatic N) is 2. The Hall–Kier alpha value is -1.02. The van der Waals surface area contributed by atoms with Crippen molar-refractivity contribution in [3.8, 4) is 0 Å². The molecule has 2 bridgehead atoms. The number of anilines is 1. The van der Waals surface area contributed by atoms with E-state index in [1.54, 1.807) is 0 Å². The van der Waals surface area contributed by atoms with Crippen molar-refractivity contribution in [1.29, 1.82) is 0 Å². The van der Waals surface area contributed by atoms with Crippen molar-refractivity contribution in [2.45, 2.75) is 58.3 Å². The third-order valence-corrected chi connectivity index (χ3v) is 5.02. The van der Waals surface area contributed by atoms with Crippen LogP contribution in [0.2, 0.25) is 0 Å². The van der Waals surface area contributed by atoms with Gasteiger partial charge >= 0.3 is 0 Å². The van der Waals surface area contributed by atoms with Crippen LogP contribution in [0.15, 0.2) is 24.3 Å². The highest BCUT2D eigenvalue weighted by molar-refractivity contribution is 5.57. The summed E-state index contributed by atoms with van der Waals surface area (Å²) in [5.74, 6) is 0. The lowest BCUT2D eigenvalue weighted by Crippen LogP contribution is -2.71. The molecule has 0 aliphatic carbocycles. The van der Waals surface area contributed by atoms with Gasteiger partial charge in [-0.15, -0.1) is 0 Å². The van der Waals surface area contributed by atoms with Crippen molar-refractivity contribution in [1.82, 2.24) is 4.90 Å². The molecule has 3 aliphatic rings. The highest BCUT2D eigenvalue weighted by Gasteiger charge is 2.49. The summed E-state index contributed by atoms with van der Waals surface area (Å²) in [5, 5.41) is 0. The van der Waals surface area contributed by atoms with Crippen molar-refractivity contribution in [2.24, 2.45) is 0 Å². The smallest absolute Gasteiger partial charge is 0.0800 e. The zero-order valence-corrected chi connectivity index (χ0v) is 12.0.